The van der Waals surface area contributed by atoms with Gasteiger partial charge in [-0.25, -0.2) is 9.37 Å². The molecule has 8 nitrogen and oxygen atoms in total. The van der Waals surface area contributed by atoms with E-state index in [9.17, 15) is 9.50 Å². The molecule has 34 heavy (non-hydrogen) atoms. The largest absolute Gasteiger partial charge is 0.507 e. The van der Waals surface area contributed by atoms with Gasteiger partial charge in [-0.1, -0.05) is 26.3 Å². The standard InChI is InChI=1S/C25H31FN6O2/c1-5-9-25(2)10-8-19(26)20(13-25)32(3)22-15-27-24(31-29-22)18-7-6-16(11-21(18)33)17-12-23(34-4)30-28-14-17/h6-7,11-12,14-15,19-20,33H,5,8-10,13H2,1-4H3/t19-,20+,25+/m0/s1. The van der Waals surface area contributed by atoms with Crippen LogP contribution >= 0.6 is 0 Å². The number of rotatable bonds is 7. The van der Waals surface area contributed by atoms with Crippen LogP contribution in [-0.4, -0.2) is 56.9 Å². The third-order valence-corrected chi connectivity index (χ3v) is 6.82. The number of anilines is 1. The molecular formula is C25H31FN6O2. The molecule has 0 radical (unpaired) electrons. The minimum Gasteiger partial charge on any atom is -0.507 e. The summed E-state index contributed by atoms with van der Waals surface area (Å²) in [7, 11) is 3.37. The fraction of sp³-hybridized carbons (Fsp3) is 0.480. The summed E-state index contributed by atoms with van der Waals surface area (Å²) in [6.45, 7) is 4.42. The number of aromatic nitrogens is 5. The van der Waals surface area contributed by atoms with Crippen LogP contribution < -0.4 is 9.64 Å². The van der Waals surface area contributed by atoms with Gasteiger partial charge in [0, 0.05) is 18.7 Å². The SMILES string of the molecule is CCC[C@]1(C)CC[C@H](F)[C@H](N(C)c2cnc(-c3ccc(-c4cnnc(OC)c4)cc3O)nn2)C1. The zero-order valence-electron chi connectivity index (χ0n) is 20.1. The summed E-state index contributed by atoms with van der Waals surface area (Å²) >= 11 is 0. The first-order valence-electron chi connectivity index (χ1n) is 11.6. The van der Waals surface area contributed by atoms with Crippen molar-refractivity contribution in [1.82, 2.24) is 25.4 Å². The van der Waals surface area contributed by atoms with Crippen LogP contribution in [0, 0.1) is 5.41 Å². The number of aromatic hydroxyl groups is 1. The smallest absolute Gasteiger partial charge is 0.233 e. The minimum atomic E-state index is -0.908. The molecule has 3 atom stereocenters. The number of alkyl halides is 1. The lowest BCUT2D eigenvalue weighted by Gasteiger charge is -2.43. The molecule has 0 spiro atoms. The fourth-order valence-corrected chi connectivity index (χ4v) is 4.85. The van der Waals surface area contributed by atoms with Crippen LogP contribution in [0.4, 0.5) is 10.2 Å². The first-order valence-corrected chi connectivity index (χ1v) is 11.6. The van der Waals surface area contributed by atoms with Crippen molar-refractivity contribution < 1.29 is 14.2 Å². The summed E-state index contributed by atoms with van der Waals surface area (Å²) in [5.41, 5.74) is 2.10. The molecule has 0 amide bonds. The normalized spacial score (nSPS) is 22.4. The quantitative estimate of drug-likeness (QED) is 0.528. The molecule has 0 aliphatic heterocycles. The highest BCUT2D eigenvalue weighted by Crippen LogP contribution is 2.43. The predicted octanol–water partition coefficient (Wildman–Crippen LogP) is 4.84. The van der Waals surface area contributed by atoms with Gasteiger partial charge in [0.05, 0.1) is 31.1 Å². The van der Waals surface area contributed by atoms with Gasteiger partial charge in [-0.15, -0.1) is 15.3 Å². The number of benzene rings is 1. The van der Waals surface area contributed by atoms with Crippen molar-refractivity contribution in [3.8, 4) is 34.1 Å². The van der Waals surface area contributed by atoms with Gasteiger partial charge in [0.1, 0.15) is 11.9 Å². The second-order valence-electron chi connectivity index (χ2n) is 9.36. The molecule has 0 bridgehead atoms. The van der Waals surface area contributed by atoms with Crippen molar-refractivity contribution in [2.45, 2.75) is 58.2 Å². The molecule has 4 rings (SSSR count). The van der Waals surface area contributed by atoms with E-state index in [2.05, 4.69) is 39.2 Å². The predicted molar refractivity (Wildman–Crippen MR) is 128 cm³/mol. The Labute approximate surface area is 199 Å². The summed E-state index contributed by atoms with van der Waals surface area (Å²) in [4.78, 5) is 6.27. The molecule has 9 heteroatoms. The maximum absolute atomic E-state index is 14.8. The van der Waals surface area contributed by atoms with Crippen LogP contribution in [0.25, 0.3) is 22.5 Å². The number of methoxy groups -OCH3 is 1. The molecule has 1 fully saturated rings. The third kappa shape index (κ3) is 4.93. The molecule has 3 aromatic rings. The molecule has 1 aliphatic rings. The Kier molecular flexibility index (Phi) is 6.90. The van der Waals surface area contributed by atoms with Gasteiger partial charge in [0.2, 0.25) is 5.88 Å². The number of phenols is 1. The first kappa shape index (κ1) is 23.8. The lowest BCUT2D eigenvalue weighted by Crippen LogP contribution is -2.47. The number of hydrogen-bond donors (Lipinski definition) is 1. The summed E-state index contributed by atoms with van der Waals surface area (Å²) < 4.78 is 19.9. The molecule has 2 aromatic heterocycles. The van der Waals surface area contributed by atoms with Crippen molar-refractivity contribution in [3.05, 3.63) is 36.7 Å². The Hall–Kier alpha value is -3.36. The Bertz CT molecular complexity index is 1130. The molecule has 1 aliphatic carbocycles. The van der Waals surface area contributed by atoms with E-state index in [1.54, 1.807) is 30.6 Å². The molecule has 0 unspecified atom stereocenters. The van der Waals surface area contributed by atoms with Crippen LogP contribution in [0.5, 0.6) is 11.6 Å². The number of phenolic OH excluding ortho intramolecular Hbond substituents is 1. The van der Waals surface area contributed by atoms with Crippen LogP contribution in [-0.2, 0) is 0 Å². The van der Waals surface area contributed by atoms with Crippen molar-refractivity contribution in [2.75, 3.05) is 19.1 Å². The topological polar surface area (TPSA) is 97.2 Å². The highest BCUT2D eigenvalue weighted by atomic mass is 19.1. The van der Waals surface area contributed by atoms with E-state index in [1.165, 1.54) is 7.11 Å². The van der Waals surface area contributed by atoms with E-state index in [0.29, 0.717) is 29.5 Å². The average molecular weight is 467 g/mol. The van der Waals surface area contributed by atoms with Crippen molar-refractivity contribution >= 4 is 5.82 Å². The second kappa shape index (κ2) is 9.87. The number of ether oxygens (including phenoxy) is 1. The van der Waals surface area contributed by atoms with Gasteiger partial charge in [-0.3, -0.25) is 0 Å². The fourth-order valence-electron chi connectivity index (χ4n) is 4.85. The Morgan fingerprint density at radius 2 is 2.00 bits per heavy atom. The molecule has 1 N–H and O–H groups in total. The summed E-state index contributed by atoms with van der Waals surface area (Å²) in [5, 5.41) is 26.9. The second-order valence-corrected chi connectivity index (χ2v) is 9.36. The van der Waals surface area contributed by atoms with Gasteiger partial charge < -0.3 is 14.7 Å². The van der Waals surface area contributed by atoms with Crippen LogP contribution in [0.1, 0.15) is 46.0 Å². The van der Waals surface area contributed by atoms with Gasteiger partial charge in [0.25, 0.3) is 0 Å². The van der Waals surface area contributed by atoms with Crippen molar-refractivity contribution in [2.24, 2.45) is 5.41 Å². The third-order valence-electron chi connectivity index (χ3n) is 6.82. The Balaban J connectivity index is 1.53. The van der Waals surface area contributed by atoms with E-state index in [1.807, 2.05) is 18.0 Å². The zero-order chi connectivity index (χ0) is 24.3. The number of nitrogens with zero attached hydrogens (tertiary/aromatic N) is 6. The van der Waals surface area contributed by atoms with E-state index < -0.39 is 6.17 Å². The van der Waals surface area contributed by atoms with E-state index in [0.717, 1.165) is 36.8 Å². The van der Waals surface area contributed by atoms with Crippen molar-refractivity contribution in [1.29, 1.82) is 0 Å². The zero-order valence-corrected chi connectivity index (χ0v) is 20.1. The highest BCUT2D eigenvalue weighted by Gasteiger charge is 2.39. The Morgan fingerprint density at radius 1 is 1.18 bits per heavy atom. The van der Waals surface area contributed by atoms with E-state index >= 15 is 0 Å². The monoisotopic (exact) mass is 466 g/mol. The number of halogens is 1. The molecule has 1 aromatic carbocycles. The van der Waals surface area contributed by atoms with Gasteiger partial charge in [-0.05, 0) is 48.8 Å². The lowest BCUT2D eigenvalue weighted by atomic mass is 9.70. The van der Waals surface area contributed by atoms with Crippen LogP contribution in [0.3, 0.4) is 0 Å². The maximum Gasteiger partial charge on any atom is 0.233 e. The Morgan fingerprint density at radius 3 is 2.68 bits per heavy atom. The van der Waals surface area contributed by atoms with E-state index in [4.69, 9.17) is 4.74 Å². The van der Waals surface area contributed by atoms with Gasteiger partial charge >= 0.3 is 0 Å². The maximum atomic E-state index is 14.8. The summed E-state index contributed by atoms with van der Waals surface area (Å²) in [6.07, 6.45) is 6.70. The lowest BCUT2D eigenvalue weighted by molar-refractivity contribution is 0.102. The average Bonchev–Trinajstić information content (AvgIpc) is 2.85. The van der Waals surface area contributed by atoms with Crippen LogP contribution in [0.2, 0.25) is 0 Å². The van der Waals surface area contributed by atoms with Crippen LogP contribution in [0.15, 0.2) is 36.7 Å². The molecule has 2 heterocycles. The summed E-state index contributed by atoms with van der Waals surface area (Å²) in [6, 6.07) is 6.65. The van der Waals surface area contributed by atoms with Gasteiger partial charge in [-0.2, -0.15) is 5.10 Å². The molecule has 1 saturated carbocycles. The molecular weight excluding hydrogens is 435 g/mol. The first-order chi connectivity index (χ1) is 16.3. The number of hydrogen-bond acceptors (Lipinski definition) is 8. The van der Waals surface area contributed by atoms with Gasteiger partial charge in [0.15, 0.2) is 11.6 Å². The van der Waals surface area contributed by atoms with Crippen molar-refractivity contribution in [3.63, 3.8) is 0 Å². The minimum absolute atomic E-state index is 0.0163. The summed E-state index contributed by atoms with van der Waals surface area (Å²) in [5.74, 6) is 1.21. The molecule has 180 valence electrons. The molecule has 0 saturated heterocycles. The highest BCUT2D eigenvalue weighted by molar-refractivity contribution is 5.72. The van der Waals surface area contributed by atoms with E-state index in [-0.39, 0.29) is 17.2 Å².